The fraction of sp³-hybridized carbons (Fsp3) is 0.312. The van der Waals surface area contributed by atoms with E-state index in [4.69, 9.17) is 4.52 Å². The van der Waals surface area contributed by atoms with Crippen molar-refractivity contribution in [3.05, 3.63) is 47.6 Å². The van der Waals surface area contributed by atoms with E-state index in [2.05, 4.69) is 15.4 Å². The van der Waals surface area contributed by atoms with E-state index < -0.39 is 10.4 Å². The number of hydrogen-bond acceptors (Lipinski definition) is 6. The molecule has 3 heterocycles. The number of sulfonamides is 1. The Kier molecular flexibility index (Phi) is 3.78. The van der Waals surface area contributed by atoms with Gasteiger partial charge in [0.2, 0.25) is 4.90 Å². The molecule has 3 aromatic rings. The van der Waals surface area contributed by atoms with Crippen LogP contribution in [-0.2, 0) is 27.7 Å². The van der Waals surface area contributed by atoms with Crippen LogP contribution in [-0.4, -0.2) is 35.3 Å². The molecule has 25 heavy (non-hydrogen) atoms. The van der Waals surface area contributed by atoms with Crippen LogP contribution in [0.3, 0.4) is 0 Å². The van der Waals surface area contributed by atoms with Crippen LogP contribution in [0.25, 0.3) is 11.4 Å². The summed E-state index contributed by atoms with van der Waals surface area (Å²) in [5.41, 5.74) is 1.33. The number of benzene rings is 1. The Hall–Kier alpha value is -2.36. The zero-order chi connectivity index (χ0) is 17.6. The first-order valence-electron chi connectivity index (χ1n) is 7.89. The van der Waals surface area contributed by atoms with Crippen molar-refractivity contribution in [2.45, 2.75) is 31.8 Å². The second-order valence-electron chi connectivity index (χ2n) is 5.95. The average Bonchev–Trinajstić information content (AvgIpc) is 3.18. The number of aromatic nitrogens is 4. The van der Waals surface area contributed by atoms with Gasteiger partial charge in [-0.05, 0) is 6.92 Å². The van der Waals surface area contributed by atoms with Crippen molar-refractivity contribution >= 4 is 10.4 Å². The summed E-state index contributed by atoms with van der Waals surface area (Å²) in [4.78, 5) is 0.142. The van der Waals surface area contributed by atoms with Crippen molar-refractivity contribution in [1.82, 2.24) is 24.2 Å². The maximum absolute atomic E-state index is 12.9. The average molecular weight is 359 g/mol. The van der Waals surface area contributed by atoms with E-state index in [1.807, 2.05) is 34.9 Å². The molecule has 0 radical (unpaired) electrons. The molecule has 9 heteroatoms. The summed E-state index contributed by atoms with van der Waals surface area (Å²) in [6.07, 6.45) is 0. The third-order valence-electron chi connectivity index (χ3n) is 4.32. The molecule has 0 bridgehead atoms. The zero-order valence-electron chi connectivity index (χ0n) is 13.9. The Morgan fingerprint density at radius 3 is 2.60 bits per heavy atom. The van der Waals surface area contributed by atoms with Crippen molar-refractivity contribution in [2.75, 3.05) is 6.54 Å². The highest BCUT2D eigenvalue weighted by Gasteiger charge is 2.39. The molecular formula is C16H17N5O3S. The first kappa shape index (κ1) is 16.1. The van der Waals surface area contributed by atoms with Crippen LogP contribution in [0.2, 0.25) is 0 Å². The molecular weight excluding hydrogens is 342 g/mol. The Balaban J connectivity index is 1.66. The molecule has 0 fully saturated rings. The minimum Gasteiger partial charge on any atom is -0.593 e. The van der Waals surface area contributed by atoms with Crippen LogP contribution in [0, 0.1) is 13.8 Å². The van der Waals surface area contributed by atoms with Gasteiger partial charge in [0, 0.05) is 19.0 Å². The number of aryl methyl sites for hydroxylation is 2. The number of nitrogens with zero attached hydrogens (tertiary/aromatic N) is 5. The highest BCUT2D eigenvalue weighted by molar-refractivity contribution is 7.95. The molecule has 1 aliphatic heterocycles. The lowest BCUT2D eigenvalue weighted by molar-refractivity contribution is 0.301. The Bertz CT molecular complexity index is 946. The fourth-order valence-electron chi connectivity index (χ4n) is 3.11. The second kappa shape index (κ2) is 5.87. The number of fused-ring (bicyclic) bond motifs is 1. The lowest BCUT2D eigenvalue weighted by Gasteiger charge is -2.30. The molecule has 0 spiro atoms. The fourth-order valence-corrected chi connectivity index (χ4v) is 4.79. The first-order valence-corrected chi connectivity index (χ1v) is 9.33. The minimum absolute atomic E-state index is 0.142. The van der Waals surface area contributed by atoms with Crippen molar-refractivity contribution in [3.63, 3.8) is 0 Å². The van der Waals surface area contributed by atoms with Gasteiger partial charge in [0.05, 0.1) is 6.54 Å². The first-order chi connectivity index (χ1) is 12.0. The van der Waals surface area contributed by atoms with Crippen molar-refractivity contribution < 1.29 is 13.3 Å². The maximum atomic E-state index is 12.9. The monoisotopic (exact) mass is 359 g/mol. The van der Waals surface area contributed by atoms with Gasteiger partial charge in [-0.15, -0.1) is 14.5 Å². The summed E-state index contributed by atoms with van der Waals surface area (Å²) in [5, 5.41) is 12.2. The molecule has 0 N–H and O–H groups in total. The van der Waals surface area contributed by atoms with E-state index in [9.17, 15) is 8.76 Å². The van der Waals surface area contributed by atoms with Gasteiger partial charge in [-0.3, -0.25) is 0 Å². The topological polar surface area (TPSA) is 100 Å². The molecule has 0 amide bonds. The molecule has 1 aliphatic rings. The van der Waals surface area contributed by atoms with Gasteiger partial charge in [0.25, 0.3) is 0 Å². The Morgan fingerprint density at radius 1 is 1.16 bits per heavy atom. The smallest absolute Gasteiger partial charge is 0.240 e. The van der Waals surface area contributed by atoms with Crippen molar-refractivity contribution in [2.24, 2.45) is 0 Å². The summed E-state index contributed by atoms with van der Waals surface area (Å²) in [6.45, 7) is 4.24. The van der Waals surface area contributed by atoms with E-state index in [0.29, 0.717) is 30.4 Å². The quantitative estimate of drug-likeness (QED) is 0.663. The van der Waals surface area contributed by atoms with Gasteiger partial charge in [-0.1, -0.05) is 39.7 Å². The summed E-state index contributed by atoms with van der Waals surface area (Å²) >= 11 is 0. The van der Waals surface area contributed by atoms with E-state index in [0.717, 1.165) is 11.4 Å². The van der Waals surface area contributed by atoms with Crippen LogP contribution < -0.4 is 0 Å². The maximum Gasteiger partial charge on any atom is 0.240 e. The second-order valence-corrected chi connectivity index (χ2v) is 7.82. The number of rotatable bonds is 3. The number of hydrogen-bond donors (Lipinski definition) is 0. The summed E-state index contributed by atoms with van der Waals surface area (Å²) in [6, 6.07) is 9.74. The highest BCUT2D eigenvalue weighted by atomic mass is 32.3. The molecule has 0 saturated heterocycles. The predicted octanol–water partition coefficient (Wildman–Crippen LogP) is 1.97. The lowest BCUT2D eigenvalue weighted by atomic mass is 10.2. The molecule has 0 aliphatic carbocycles. The van der Waals surface area contributed by atoms with E-state index >= 15 is 0 Å². The molecule has 1 atom stereocenters. The van der Waals surface area contributed by atoms with E-state index in [-0.39, 0.29) is 11.4 Å². The summed E-state index contributed by atoms with van der Waals surface area (Å²) in [5.74, 6) is 1.68. The van der Waals surface area contributed by atoms with Gasteiger partial charge >= 0.3 is 0 Å². The van der Waals surface area contributed by atoms with Crippen LogP contribution in [0.1, 0.15) is 17.3 Å². The normalized spacial score (nSPS) is 17.2. The van der Waals surface area contributed by atoms with Crippen LogP contribution in [0.15, 0.2) is 39.8 Å². The van der Waals surface area contributed by atoms with E-state index in [1.165, 1.54) is 4.31 Å². The largest absolute Gasteiger partial charge is 0.593 e. The van der Waals surface area contributed by atoms with Crippen LogP contribution in [0.4, 0.5) is 0 Å². The SMILES string of the molecule is Cc1noc(C)c1[S+](=O)([O-])N1CCn2c(nnc2-c2ccccc2)C1. The Morgan fingerprint density at radius 2 is 1.92 bits per heavy atom. The standard InChI is InChI=1S/C16H17N5O3S/c1-11-15(12(2)24-19-11)25(22,23)20-8-9-21-14(10-20)17-18-16(21)13-6-4-3-5-7-13/h3-7H,8-10H2,1-2H3. The predicted molar refractivity (Wildman–Crippen MR) is 88.9 cm³/mol. The molecule has 8 nitrogen and oxygen atoms in total. The molecule has 130 valence electrons. The van der Waals surface area contributed by atoms with Crippen molar-refractivity contribution in [3.8, 4) is 11.4 Å². The van der Waals surface area contributed by atoms with Gasteiger partial charge in [-0.25, -0.2) is 0 Å². The van der Waals surface area contributed by atoms with Gasteiger partial charge in [0.1, 0.15) is 12.2 Å². The molecule has 2 aromatic heterocycles. The summed E-state index contributed by atoms with van der Waals surface area (Å²) < 4.78 is 34.3. The van der Waals surface area contributed by atoms with Crippen LogP contribution >= 0.6 is 0 Å². The van der Waals surface area contributed by atoms with Gasteiger partial charge in [0.15, 0.2) is 27.8 Å². The minimum atomic E-state index is -3.68. The third-order valence-corrected chi connectivity index (χ3v) is 6.41. The Labute approximate surface area is 145 Å². The molecule has 1 aromatic carbocycles. The summed E-state index contributed by atoms with van der Waals surface area (Å²) in [7, 11) is -3.68. The highest BCUT2D eigenvalue weighted by Crippen LogP contribution is 2.31. The molecule has 1 unspecified atom stereocenters. The van der Waals surface area contributed by atoms with Crippen molar-refractivity contribution in [1.29, 1.82) is 0 Å². The van der Waals surface area contributed by atoms with Crippen LogP contribution in [0.5, 0.6) is 0 Å². The zero-order valence-corrected chi connectivity index (χ0v) is 14.7. The molecule has 4 rings (SSSR count). The third kappa shape index (κ3) is 2.60. The lowest BCUT2D eigenvalue weighted by Crippen LogP contribution is -2.42. The van der Waals surface area contributed by atoms with Gasteiger partial charge in [-0.2, -0.15) is 0 Å². The molecule has 0 saturated carbocycles. The van der Waals surface area contributed by atoms with E-state index in [1.54, 1.807) is 13.8 Å². The van der Waals surface area contributed by atoms with Gasteiger partial charge < -0.3 is 13.6 Å².